The minimum Gasteiger partial charge on any atom is -0.383 e. The monoisotopic (exact) mass is 381 g/mol. The number of nitrogen functional groups attached to an aromatic ring is 1. The first-order chi connectivity index (χ1) is 13.0. The van der Waals surface area contributed by atoms with Crippen molar-refractivity contribution < 1.29 is 9.18 Å². The Morgan fingerprint density at radius 3 is 2.56 bits per heavy atom. The summed E-state index contributed by atoms with van der Waals surface area (Å²) in [5.41, 5.74) is 8.03. The Balaban J connectivity index is 1.59. The Labute approximate surface area is 162 Å². The maximum Gasteiger partial charge on any atom is 0.255 e. The van der Waals surface area contributed by atoms with Gasteiger partial charge in [0, 0.05) is 16.3 Å². The second-order valence-electron chi connectivity index (χ2n) is 6.00. The van der Waals surface area contributed by atoms with Crippen LogP contribution in [-0.4, -0.2) is 10.9 Å². The lowest BCUT2D eigenvalue weighted by Crippen LogP contribution is -2.24. The lowest BCUT2D eigenvalue weighted by Gasteiger charge is -2.08. The van der Waals surface area contributed by atoms with E-state index in [9.17, 15) is 9.18 Å². The van der Waals surface area contributed by atoms with Crippen LogP contribution < -0.4 is 11.1 Å². The van der Waals surface area contributed by atoms with Crippen molar-refractivity contribution in [2.24, 2.45) is 0 Å². The minimum atomic E-state index is -0.707. The van der Waals surface area contributed by atoms with Gasteiger partial charge in [0.2, 0.25) is 5.95 Å². The first-order valence-electron chi connectivity index (χ1n) is 8.61. The molecule has 1 heterocycles. The summed E-state index contributed by atoms with van der Waals surface area (Å²) in [7, 11) is 0. The van der Waals surface area contributed by atoms with Gasteiger partial charge in [0.1, 0.15) is 5.82 Å². The fourth-order valence-electron chi connectivity index (χ4n) is 2.56. The molecule has 2 aromatic carbocycles. The molecule has 0 aliphatic heterocycles. The van der Waals surface area contributed by atoms with Crippen molar-refractivity contribution in [2.75, 3.05) is 5.73 Å². The number of carbonyl (C=O) groups excluding carboxylic acids is 1. The topological polar surface area (TPSA) is 68.0 Å². The van der Waals surface area contributed by atoms with E-state index < -0.39 is 5.95 Å². The number of carbonyl (C=O) groups is 1. The van der Waals surface area contributed by atoms with Gasteiger partial charge in [-0.05, 0) is 53.9 Å². The van der Waals surface area contributed by atoms with Crippen molar-refractivity contribution in [3.05, 3.63) is 83.3 Å². The van der Waals surface area contributed by atoms with Gasteiger partial charge < -0.3 is 11.1 Å². The molecule has 1 aromatic heterocycles. The number of amides is 1. The van der Waals surface area contributed by atoms with Crippen LogP contribution in [0.5, 0.6) is 0 Å². The molecule has 0 atom stereocenters. The average Bonchev–Trinajstić information content (AvgIpc) is 2.67. The lowest BCUT2D eigenvalue weighted by atomic mass is 10.2. The summed E-state index contributed by atoms with van der Waals surface area (Å²) in [4.78, 5) is 18.0. The van der Waals surface area contributed by atoms with E-state index in [2.05, 4.69) is 41.5 Å². The first kappa shape index (κ1) is 18.9. The minimum absolute atomic E-state index is 0.117. The highest BCUT2D eigenvalue weighted by molar-refractivity contribution is 7.99. The number of anilines is 1. The fourth-order valence-corrected chi connectivity index (χ4v) is 3.46. The second kappa shape index (κ2) is 8.68. The molecule has 0 saturated heterocycles. The van der Waals surface area contributed by atoms with E-state index >= 15 is 0 Å². The molecular formula is C21H20FN3OS. The van der Waals surface area contributed by atoms with E-state index in [1.807, 2.05) is 24.3 Å². The van der Waals surface area contributed by atoms with Gasteiger partial charge in [-0.3, -0.25) is 4.79 Å². The van der Waals surface area contributed by atoms with Crippen LogP contribution in [0, 0.1) is 5.95 Å². The predicted molar refractivity (Wildman–Crippen MR) is 106 cm³/mol. The van der Waals surface area contributed by atoms with Gasteiger partial charge in [-0.15, -0.1) is 0 Å². The standard InChI is InChI=1S/C21H20FN3OS/c1-2-14-4-3-5-17(12-14)27-16-8-6-15(7-9-16)13-24-21(26)18-10-11-19(22)25-20(18)23/h3-12H,2,13H2,1H3,(H2,23,25)(H,24,26). The quantitative estimate of drug-likeness (QED) is 0.619. The number of nitrogens with zero attached hydrogens (tertiary/aromatic N) is 1. The van der Waals surface area contributed by atoms with Gasteiger partial charge in [0.05, 0.1) is 5.56 Å². The van der Waals surface area contributed by atoms with Crippen LogP contribution in [0.3, 0.4) is 0 Å². The Morgan fingerprint density at radius 1 is 1.07 bits per heavy atom. The zero-order valence-corrected chi connectivity index (χ0v) is 15.7. The number of rotatable bonds is 6. The largest absolute Gasteiger partial charge is 0.383 e. The van der Waals surface area contributed by atoms with Crippen LogP contribution >= 0.6 is 11.8 Å². The molecule has 0 unspecified atom stereocenters. The number of halogens is 1. The molecule has 0 aliphatic carbocycles. The molecule has 0 saturated carbocycles. The van der Waals surface area contributed by atoms with Crippen LogP contribution in [0.25, 0.3) is 0 Å². The fraction of sp³-hybridized carbons (Fsp3) is 0.143. The SMILES string of the molecule is CCc1cccc(Sc2ccc(CNC(=O)c3ccc(F)nc3N)cc2)c1. The maximum absolute atomic E-state index is 13.0. The summed E-state index contributed by atoms with van der Waals surface area (Å²) >= 11 is 1.70. The summed E-state index contributed by atoms with van der Waals surface area (Å²) in [6.45, 7) is 2.49. The number of nitrogens with two attached hydrogens (primary N) is 1. The summed E-state index contributed by atoms with van der Waals surface area (Å²) < 4.78 is 13.0. The summed E-state index contributed by atoms with van der Waals surface area (Å²) in [5.74, 6) is -1.20. The molecule has 4 nitrogen and oxygen atoms in total. The maximum atomic E-state index is 13.0. The van der Waals surface area contributed by atoms with E-state index in [4.69, 9.17) is 5.73 Å². The highest BCUT2D eigenvalue weighted by Gasteiger charge is 2.11. The predicted octanol–water partition coefficient (Wildman–Crippen LogP) is 4.45. The molecule has 0 bridgehead atoms. The van der Waals surface area contributed by atoms with Crippen molar-refractivity contribution >= 4 is 23.5 Å². The number of aryl methyl sites for hydroxylation is 1. The molecule has 3 rings (SSSR count). The summed E-state index contributed by atoms with van der Waals surface area (Å²) in [6.07, 6.45) is 1.02. The van der Waals surface area contributed by atoms with E-state index in [1.165, 1.54) is 16.5 Å². The number of hydrogen-bond acceptors (Lipinski definition) is 4. The Bertz CT molecular complexity index is 944. The molecule has 3 aromatic rings. The molecule has 0 spiro atoms. The van der Waals surface area contributed by atoms with Crippen LogP contribution in [0.4, 0.5) is 10.2 Å². The van der Waals surface area contributed by atoms with Crippen molar-refractivity contribution in [3.8, 4) is 0 Å². The first-order valence-corrected chi connectivity index (χ1v) is 9.42. The van der Waals surface area contributed by atoms with Crippen molar-refractivity contribution in [1.29, 1.82) is 0 Å². The van der Waals surface area contributed by atoms with Gasteiger partial charge in [0.15, 0.2) is 0 Å². The highest BCUT2D eigenvalue weighted by atomic mass is 32.2. The third kappa shape index (κ3) is 5.08. The molecule has 3 N–H and O–H groups in total. The zero-order valence-electron chi connectivity index (χ0n) is 14.9. The molecular weight excluding hydrogens is 361 g/mol. The molecule has 0 fully saturated rings. The van der Waals surface area contributed by atoms with Crippen molar-refractivity contribution in [3.63, 3.8) is 0 Å². The van der Waals surface area contributed by atoms with E-state index in [0.717, 1.165) is 22.9 Å². The van der Waals surface area contributed by atoms with Gasteiger partial charge >= 0.3 is 0 Å². The molecule has 0 radical (unpaired) electrons. The van der Waals surface area contributed by atoms with Gasteiger partial charge in [-0.2, -0.15) is 4.39 Å². The smallest absolute Gasteiger partial charge is 0.255 e. The molecule has 6 heteroatoms. The molecule has 138 valence electrons. The molecule has 1 amide bonds. The number of nitrogens with one attached hydrogen (secondary N) is 1. The van der Waals surface area contributed by atoms with Gasteiger partial charge in [-0.1, -0.05) is 43.0 Å². The average molecular weight is 381 g/mol. The number of aromatic nitrogens is 1. The normalized spacial score (nSPS) is 10.6. The van der Waals surface area contributed by atoms with E-state index in [-0.39, 0.29) is 17.3 Å². The van der Waals surface area contributed by atoms with Crippen LogP contribution in [0.2, 0.25) is 0 Å². The third-order valence-corrected chi connectivity index (χ3v) is 5.05. The summed E-state index contributed by atoms with van der Waals surface area (Å²) in [5, 5.41) is 2.77. The van der Waals surface area contributed by atoms with Gasteiger partial charge in [0.25, 0.3) is 5.91 Å². The van der Waals surface area contributed by atoms with E-state index in [1.54, 1.807) is 11.8 Å². The Kier molecular flexibility index (Phi) is 6.08. The lowest BCUT2D eigenvalue weighted by molar-refractivity contribution is 0.0951. The van der Waals surface area contributed by atoms with Crippen LogP contribution in [-0.2, 0) is 13.0 Å². The van der Waals surface area contributed by atoms with E-state index in [0.29, 0.717) is 6.54 Å². The highest BCUT2D eigenvalue weighted by Crippen LogP contribution is 2.28. The third-order valence-electron chi connectivity index (χ3n) is 4.05. The second-order valence-corrected chi connectivity index (χ2v) is 7.14. The van der Waals surface area contributed by atoms with Crippen molar-refractivity contribution in [1.82, 2.24) is 10.3 Å². The molecule has 0 aliphatic rings. The summed E-state index contributed by atoms with van der Waals surface area (Å²) in [6, 6.07) is 18.9. The number of benzene rings is 2. The number of hydrogen-bond donors (Lipinski definition) is 2. The zero-order chi connectivity index (χ0) is 19.2. The van der Waals surface area contributed by atoms with Crippen molar-refractivity contribution in [2.45, 2.75) is 29.7 Å². The van der Waals surface area contributed by atoms with Gasteiger partial charge in [-0.25, -0.2) is 4.98 Å². The molecule has 27 heavy (non-hydrogen) atoms. The Hall–Kier alpha value is -2.86. The van der Waals surface area contributed by atoms with Crippen LogP contribution in [0.1, 0.15) is 28.4 Å². The Morgan fingerprint density at radius 2 is 1.85 bits per heavy atom. The number of pyridine rings is 1. The van der Waals surface area contributed by atoms with Crippen LogP contribution in [0.15, 0.2) is 70.5 Å².